The third-order valence-corrected chi connectivity index (χ3v) is 2.77. The van der Waals surface area contributed by atoms with Crippen molar-refractivity contribution in [2.45, 2.75) is 25.4 Å². The van der Waals surface area contributed by atoms with Gasteiger partial charge in [0.15, 0.2) is 0 Å². The molecule has 62 valence electrons. The molecule has 2 atom stereocenters. The third kappa shape index (κ3) is 1.33. The Hall–Kier alpha value is -0.340. The van der Waals surface area contributed by atoms with E-state index in [2.05, 4.69) is 29.3 Å². The molecule has 0 spiro atoms. The monoisotopic (exact) mass is 152 g/mol. The summed E-state index contributed by atoms with van der Waals surface area (Å²) in [6.45, 7) is 5.70. The van der Waals surface area contributed by atoms with Gasteiger partial charge < -0.3 is 5.32 Å². The number of hydrogen-bond donors (Lipinski definition) is 1. The minimum absolute atomic E-state index is 0.810. The highest BCUT2D eigenvalue weighted by molar-refractivity contribution is 4.99. The fraction of sp³-hybridized carbons (Fsp3) is 0.778. The molecule has 0 aromatic rings. The average molecular weight is 152 g/mol. The number of rotatable bonds is 0. The van der Waals surface area contributed by atoms with Crippen LogP contribution in [0.15, 0.2) is 12.2 Å². The van der Waals surface area contributed by atoms with Crippen molar-refractivity contribution in [1.29, 1.82) is 0 Å². The predicted molar refractivity (Wildman–Crippen MR) is 46.6 cm³/mol. The Bertz CT molecular complexity index is 165. The van der Waals surface area contributed by atoms with Gasteiger partial charge in [-0.05, 0) is 13.3 Å². The number of fused-ring (bicyclic) bond motifs is 1. The highest BCUT2D eigenvalue weighted by Crippen LogP contribution is 2.24. The molecule has 1 fully saturated rings. The van der Waals surface area contributed by atoms with E-state index in [1.54, 1.807) is 0 Å². The lowest BCUT2D eigenvalue weighted by Gasteiger charge is -2.47. The Kier molecular flexibility index (Phi) is 1.96. The fourth-order valence-corrected chi connectivity index (χ4v) is 2.03. The van der Waals surface area contributed by atoms with Gasteiger partial charge >= 0.3 is 0 Å². The summed E-state index contributed by atoms with van der Waals surface area (Å²) in [5.41, 5.74) is 0. The van der Waals surface area contributed by atoms with Crippen LogP contribution in [0.2, 0.25) is 0 Å². The molecule has 0 amide bonds. The van der Waals surface area contributed by atoms with Gasteiger partial charge in [0.25, 0.3) is 0 Å². The van der Waals surface area contributed by atoms with Crippen LogP contribution in [0.4, 0.5) is 0 Å². The summed E-state index contributed by atoms with van der Waals surface area (Å²) in [4.78, 5) is 2.56. The minimum atomic E-state index is 0.810. The van der Waals surface area contributed by atoms with Crippen molar-refractivity contribution in [1.82, 2.24) is 10.2 Å². The first kappa shape index (κ1) is 7.32. The van der Waals surface area contributed by atoms with E-state index in [4.69, 9.17) is 0 Å². The maximum absolute atomic E-state index is 3.41. The summed E-state index contributed by atoms with van der Waals surface area (Å²) in [5.74, 6) is 0. The van der Waals surface area contributed by atoms with Crippen molar-refractivity contribution in [2.24, 2.45) is 0 Å². The highest BCUT2D eigenvalue weighted by atomic mass is 15.3. The molecule has 0 saturated carbocycles. The summed E-state index contributed by atoms with van der Waals surface area (Å²) in [6, 6.07) is 1.62. The minimum Gasteiger partial charge on any atom is -0.312 e. The lowest BCUT2D eigenvalue weighted by atomic mass is 9.93. The average Bonchev–Trinajstić information content (AvgIpc) is 1.96. The molecule has 1 saturated heterocycles. The van der Waals surface area contributed by atoms with Crippen LogP contribution in [0, 0.1) is 0 Å². The molecular weight excluding hydrogens is 136 g/mol. The van der Waals surface area contributed by atoms with E-state index < -0.39 is 0 Å². The van der Waals surface area contributed by atoms with Crippen LogP contribution in [0.5, 0.6) is 0 Å². The first-order valence-electron chi connectivity index (χ1n) is 4.49. The standard InChI is InChI=1S/C9H16N2/c1-8-6-9-7-10-4-2-3-5-11(8)9/h2-3,8-10H,4-7H2,1H3/b3-2-/t8-,9?/m1/s1. The Labute approximate surface area is 68.3 Å². The van der Waals surface area contributed by atoms with Crippen LogP contribution in [0.25, 0.3) is 0 Å². The van der Waals surface area contributed by atoms with Gasteiger partial charge in [0.2, 0.25) is 0 Å². The maximum Gasteiger partial charge on any atom is 0.0241 e. The molecule has 2 aliphatic heterocycles. The molecule has 11 heavy (non-hydrogen) atoms. The van der Waals surface area contributed by atoms with Gasteiger partial charge in [-0.1, -0.05) is 12.2 Å². The summed E-state index contributed by atoms with van der Waals surface area (Å²) >= 11 is 0. The van der Waals surface area contributed by atoms with E-state index >= 15 is 0 Å². The lowest BCUT2D eigenvalue weighted by Crippen LogP contribution is -2.58. The van der Waals surface area contributed by atoms with Gasteiger partial charge in [-0.15, -0.1) is 0 Å². The largest absolute Gasteiger partial charge is 0.312 e. The Morgan fingerprint density at radius 2 is 2.36 bits per heavy atom. The molecule has 2 heterocycles. The van der Waals surface area contributed by atoms with Gasteiger partial charge in [-0.2, -0.15) is 0 Å². The lowest BCUT2D eigenvalue weighted by molar-refractivity contribution is 0.0385. The van der Waals surface area contributed by atoms with Gasteiger partial charge in [-0.3, -0.25) is 4.90 Å². The number of nitrogens with one attached hydrogen (secondary N) is 1. The van der Waals surface area contributed by atoms with E-state index in [0.29, 0.717) is 0 Å². The van der Waals surface area contributed by atoms with Crippen molar-refractivity contribution in [2.75, 3.05) is 19.6 Å². The van der Waals surface area contributed by atoms with Gasteiger partial charge in [0.1, 0.15) is 0 Å². The van der Waals surface area contributed by atoms with Crippen LogP contribution in [0.3, 0.4) is 0 Å². The molecular formula is C9H16N2. The molecule has 2 heteroatoms. The second-order valence-electron chi connectivity index (χ2n) is 3.56. The number of hydrogen-bond acceptors (Lipinski definition) is 2. The van der Waals surface area contributed by atoms with E-state index in [1.165, 1.54) is 13.0 Å². The van der Waals surface area contributed by atoms with E-state index in [1.807, 2.05) is 0 Å². The quantitative estimate of drug-likeness (QED) is 0.512. The highest BCUT2D eigenvalue weighted by Gasteiger charge is 2.33. The molecule has 0 aromatic carbocycles. The molecule has 0 radical (unpaired) electrons. The van der Waals surface area contributed by atoms with Gasteiger partial charge in [-0.25, -0.2) is 0 Å². The molecule has 0 aromatic heterocycles. The zero-order valence-electron chi connectivity index (χ0n) is 7.09. The smallest absolute Gasteiger partial charge is 0.0241 e. The first-order valence-corrected chi connectivity index (χ1v) is 4.49. The second-order valence-corrected chi connectivity index (χ2v) is 3.56. The number of nitrogens with zero attached hydrogens (tertiary/aromatic N) is 1. The van der Waals surface area contributed by atoms with Crippen LogP contribution in [-0.2, 0) is 0 Å². The predicted octanol–water partition coefficient (Wildman–Crippen LogP) is 0.609. The second kappa shape index (κ2) is 2.95. The van der Waals surface area contributed by atoms with E-state index in [9.17, 15) is 0 Å². The van der Waals surface area contributed by atoms with Crippen molar-refractivity contribution in [3.8, 4) is 0 Å². The molecule has 2 rings (SSSR count). The van der Waals surface area contributed by atoms with Crippen LogP contribution >= 0.6 is 0 Å². The maximum atomic E-state index is 3.41. The van der Waals surface area contributed by atoms with Crippen LogP contribution in [-0.4, -0.2) is 36.6 Å². The Balaban J connectivity index is 1.96. The van der Waals surface area contributed by atoms with Crippen molar-refractivity contribution < 1.29 is 0 Å². The van der Waals surface area contributed by atoms with Crippen LogP contribution < -0.4 is 5.32 Å². The first-order chi connectivity index (χ1) is 5.38. The SMILES string of the molecule is C[C@@H]1CC2CNC/C=C\CN21. The van der Waals surface area contributed by atoms with Crippen molar-refractivity contribution in [3.63, 3.8) is 0 Å². The molecule has 1 unspecified atom stereocenters. The van der Waals surface area contributed by atoms with Gasteiger partial charge in [0.05, 0.1) is 0 Å². The van der Waals surface area contributed by atoms with Gasteiger partial charge in [0, 0.05) is 31.7 Å². The zero-order valence-corrected chi connectivity index (χ0v) is 7.09. The molecule has 1 N–H and O–H groups in total. The normalized spacial score (nSPS) is 41.5. The molecule has 2 nitrogen and oxygen atoms in total. The molecule has 0 bridgehead atoms. The van der Waals surface area contributed by atoms with Crippen LogP contribution in [0.1, 0.15) is 13.3 Å². The summed E-state index contributed by atoms with van der Waals surface area (Å²) in [6.07, 6.45) is 5.87. The van der Waals surface area contributed by atoms with Crippen molar-refractivity contribution in [3.05, 3.63) is 12.2 Å². The van der Waals surface area contributed by atoms with E-state index in [-0.39, 0.29) is 0 Å². The zero-order chi connectivity index (χ0) is 7.68. The summed E-state index contributed by atoms with van der Waals surface area (Å²) in [5, 5.41) is 3.41. The summed E-state index contributed by atoms with van der Waals surface area (Å²) < 4.78 is 0. The molecule has 2 aliphatic rings. The summed E-state index contributed by atoms with van der Waals surface area (Å²) in [7, 11) is 0. The molecule has 0 aliphatic carbocycles. The Morgan fingerprint density at radius 3 is 3.18 bits per heavy atom. The Morgan fingerprint density at radius 1 is 1.45 bits per heavy atom. The van der Waals surface area contributed by atoms with E-state index in [0.717, 1.165) is 25.2 Å². The van der Waals surface area contributed by atoms with Crippen molar-refractivity contribution >= 4 is 0 Å². The third-order valence-electron chi connectivity index (χ3n) is 2.77. The fourth-order valence-electron chi connectivity index (χ4n) is 2.03. The topological polar surface area (TPSA) is 15.3 Å².